The van der Waals surface area contributed by atoms with Crippen LogP contribution in [0.4, 0.5) is 0 Å². The van der Waals surface area contributed by atoms with Crippen LogP contribution in [0, 0.1) is 19.8 Å². The highest BCUT2D eigenvalue weighted by Crippen LogP contribution is 2.51. The Balaban J connectivity index is 1.83. The highest BCUT2D eigenvalue weighted by molar-refractivity contribution is 8.14. The van der Waals surface area contributed by atoms with Crippen molar-refractivity contribution in [1.29, 1.82) is 0 Å². The standard InChI is InChI=1S/C20H20O3S3/c1-10-8-12(18(23)17-13(21)4-3-5-14(17)22)11(2)16-19(10)26-9-15-20(16)25-7-6-24-15/h8,17H,3-7,9H2,1-2H3. The number of fused-ring (bicyclic) bond motifs is 2. The van der Waals surface area contributed by atoms with Gasteiger partial charge in [-0.25, -0.2) is 0 Å². The molecule has 136 valence electrons. The molecule has 2 heterocycles. The molecule has 0 bridgehead atoms. The van der Waals surface area contributed by atoms with Gasteiger partial charge >= 0.3 is 0 Å². The molecule has 4 rings (SSSR count). The second-order valence-corrected chi connectivity index (χ2v) is 10.2. The second kappa shape index (κ2) is 7.21. The lowest BCUT2D eigenvalue weighted by Crippen LogP contribution is -2.35. The van der Waals surface area contributed by atoms with Crippen molar-refractivity contribution in [3.8, 4) is 0 Å². The number of hydrogen-bond acceptors (Lipinski definition) is 6. The number of rotatable bonds is 2. The van der Waals surface area contributed by atoms with Gasteiger partial charge in [0.15, 0.2) is 17.3 Å². The Kier molecular flexibility index (Phi) is 5.10. The maximum atomic E-state index is 13.2. The maximum Gasteiger partial charge on any atom is 0.181 e. The Morgan fingerprint density at radius 2 is 1.73 bits per heavy atom. The lowest BCUT2D eigenvalue weighted by molar-refractivity contribution is -0.133. The maximum absolute atomic E-state index is 13.2. The molecule has 3 nitrogen and oxygen atoms in total. The molecule has 1 aromatic carbocycles. The molecule has 0 saturated heterocycles. The van der Waals surface area contributed by atoms with Crippen LogP contribution in [0.3, 0.4) is 0 Å². The van der Waals surface area contributed by atoms with Crippen molar-refractivity contribution in [2.45, 2.75) is 38.0 Å². The van der Waals surface area contributed by atoms with Crippen LogP contribution >= 0.6 is 35.3 Å². The van der Waals surface area contributed by atoms with E-state index in [2.05, 4.69) is 0 Å². The Labute approximate surface area is 166 Å². The minimum Gasteiger partial charge on any atom is -0.298 e. The monoisotopic (exact) mass is 404 g/mol. The summed E-state index contributed by atoms with van der Waals surface area (Å²) < 4.78 is 0. The van der Waals surface area contributed by atoms with E-state index in [1.54, 1.807) is 0 Å². The Morgan fingerprint density at radius 3 is 2.46 bits per heavy atom. The van der Waals surface area contributed by atoms with Gasteiger partial charge in [0.2, 0.25) is 0 Å². The van der Waals surface area contributed by atoms with E-state index < -0.39 is 5.92 Å². The van der Waals surface area contributed by atoms with Gasteiger partial charge in [-0.2, -0.15) is 0 Å². The molecule has 1 saturated carbocycles. The Morgan fingerprint density at radius 1 is 1.04 bits per heavy atom. The molecule has 0 amide bonds. The minimum absolute atomic E-state index is 0.210. The zero-order chi connectivity index (χ0) is 18.4. The Bertz CT molecular complexity index is 854. The van der Waals surface area contributed by atoms with Gasteiger partial charge in [0.05, 0.1) is 0 Å². The number of carbonyl (C=O) groups is 3. The van der Waals surface area contributed by atoms with Gasteiger partial charge in [-0.1, -0.05) is 0 Å². The number of thioether (sulfide) groups is 3. The number of hydrogen-bond donors (Lipinski definition) is 0. The summed E-state index contributed by atoms with van der Waals surface area (Å²) in [6.07, 6.45) is 1.25. The molecule has 3 aliphatic rings. The van der Waals surface area contributed by atoms with Crippen molar-refractivity contribution in [3.63, 3.8) is 0 Å². The molecular formula is C20H20O3S3. The van der Waals surface area contributed by atoms with Gasteiger partial charge in [0.1, 0.15) is 5.92 Å². The quantitative estimate of drug-likeness (QED) is 0.527. The molecule has 0 aromatic heterocycles. The van der Waals surface area contributed by atoms with Crippen LogP contribution in [0.5, 0.6) is 0 Å². The molecule has 0 atom stereocenters. The van der Waals surface area contributed by atoms with Gasteiger partial charge in [-0.15, -0.1) is 35.3 Å². The molecule has 0 N–H and O–H groups in total. The van der Waals surface area contributed by atoms with Crippen molar-refractivity contribution in [2.75, 3.05) is 17.3 Å². The summed E-state index contributed by atoms with van der Waals surface area (Å²) >= 11 is 5.62. The average Bonchev–Trinajstić information content (AvgIpc) is 2.63. The van der Waals surface area contributed by atoms with Crippen molar-refractivity contribution >= 4 is 57.5 Å². The van der Waals surface area contributed by atoms with Crippen LogP contribution in [-0.2, 0) is 9.59 Å². The zero-order valence-corrected chi connectivity index (χ0v) is 17.3. The van der Waals surface area contributed by atoms with Gasteiger partial charge in [-0.3, -0.25) is 14.4 Å². The van der Waals surface area contributed by atoms with E-state index in [1.807, 2.05) is 55.2 Å². The SMILES string of the molecule is Cc1cc(C(=O)C2C(=O)CCCC2=O)c(C)c2c1SCC1=C2SCCS1. The van der Waals surface area contributed by atoms with Crippen LogP contribution in [0.15, 0.2) is 15.9 Å². The lowest BCUT2D eigenvalue weighted by atomic mass is 9.80. The molecular weight excluding hydrogens is 384 g/mol. The number of benzene rings is 1. The molecule has 6 heteroatoms. The Hall–Kier alpha value is -0.980. The molecule has 1 aromatic rings. The van der Waals surface area contributed by atoms with Gasteiger partial charge in [-0.05, 0) is 37.5 Å². The van der Waals surface area contributed by atoms with Crippen molar-refractivity contribution in [3.05, 3.63) is 33.2 Å². The zero-order valence-electron chi connectivity index (χ0n) is 14.8. The third-order valence-corrected chi connectivity index (χ3v) is 9.25. The number of carbonyl (C=O) groups excluding carboxylic acids is 3. The highest BCUT2D eigenvalue weighted by Gasteiger charge is 2.38. The van der Waals surface area contributed by atoms with Crippen molar-refractivity contribution in [1.82, 2.24) is 0 Å². The molecule has 1 fully saturated rings. The molecule has 0 spiro atoms. The minimum atomic E-state index is -1.09. The summed E-state index contributed by atoms with van der Waals surface area (Å²) in [6, 6.07) is 1.89. The van der Waals surface area contributed by atoms with Crippen LogP contribution in [-0.4, -0.2) is 34.6 Å². The predicted octanol–water partition coefficient (Wildman–Crippen LogP) is 4.68. The first kappa shape index (κ1) is 18.4. The second-order valence-electron chi connectivity index (χ2n) is 6.89. The fraction of sp³-hybridized carbons (Fsp3) is 0.450. The lowest BCUT2D eigenvalue weighted by Gasteiger charge is -2.29. The largest absolute Gasteiger partial charge is 0.298 e. The summed E-state index contributed by atoms with van der Waals surface area (Å²) in [5, 5.41) is 0. The summed E-state index contributed by atoms with van der Waals surface area (Å²) in [4.78, 5) is 41.6. The first-order chi connectivity index (χ1) is 12.5. The van der Waals surface area contributed by atoms with Gasteiger partial charge in [0.25, 0.3) is 0 Å². The van der Waals surface area contributed by atoms with E-state index in [9.17, 15) is 14.4 Å². The predicted molar refractivity (Wildman–Crippen MR) is 110 cm³/mol. The normalized spacial score (nSPS) is 20.8. The van der Waals surface area contributed by atoms with Crippen LogP contribution in [0.1, 0.15) is 46.3 Å². The number of ketones is 3. The topological polar surface area (TPSA) is 51.2 Å². The van der Waals surface area contributed by atoms with Crippen LogP contribution < -0.4 is 0 Å². The van der Waals surface area contributed by atoms with Crippen molar-refractivity contribution < 1.29 is 14.4 Å². The van der Waals surface area contributed by atoms with E-state index in [-0.39, 0.29) is 17.3 Å². The number of Topliss-reactive ketones (excluding diaryl/α,β-unsaturated/α-hetero) is 3. The highest BCUT2D eigenvalue weighted by atomic mass is 32.2. The summed E-state index contributed by atoms with van der Waals surface area (Å²) in [5.41, 5.74) is 3.71. The molecule has 2 aliphatic heterocycles. The van der Waals surface area contributed by atoms with Crippen LogP contribution in [0.2, 0.25) is 0 Å². The smallest absolute Gasteiger partial charge is 0.181 e. The summed E-state index contributed by atoms with van der Waals surface area (Å²) in [5.74, 6) is 1.39. The third kappa shape index (κ3) is 3.00. The van der Waals surface area contributed by atoms with Gasteiger partial charge in [0, 0.05) is 55.9 Å². The fourth-order valence-electron chi connectivity index (χ4n) is 3.87. The molecule has 26 heavy (non-hydrogen) atoms. The molecule has 1 aliphatic carbocycles. The third-order valence-electron chi connectivity index (χ3n) is 5.18. The number of aryl methyl sites for hydroxylation is 1. The van der Waals surface area contributed by atoms with E-state index >= 15 is 0 Å². The summed E-state index contributed by atoms with van der Waals surface area (Å²) in [7, 11) is 0. The van der Waals surface area contributed by atoms with E-state index in [4.69, 9.17) is 0 Å². The first-order valence-electron chi connectivity index (χ1n) is 8.84. The van der Waals surface area contributed by atoms with E-state index in [0.717, 1.165) is 33.9 Å². The van der Waals surface area contributed by atoms with Crippen LogP contribution in [0.25, 0.3) is 4.91 Å². The average molecular weight is 405 g/mol. The van der Waals surface area contributed by atoms with E-state index in [1.165, 1.54) is 14.7 Å². The van der Waals surface area contributed by atoms with E-state index in [0.29, 0.717) is 24.8 Å². The summed E-state index contributed by atoms with van der Waals surface area (Å²) in [6.45, 7) is 4.00. The molecule has 0 radical (unpaired) electrons. The molecule has 0 unspecified atom stereocenters. The fourth-order valence-corrected chi connectivity index (χ4v) is 7.98. The first-order valence-corrected chi connectivity index (χ1v) is 11.8. The van der Waals surface area contributed by atoms with Gasteiger partial charge < -0.3 is 0 Å². The van der Waals surface area contributed by atoms with Crippen molar-refractivity contribution in [2.24, 2.45) is 5.92 Å².